The lowest BCUT2D eigenvalue weighted by Crippen LogP contribution is -2.34. The zero-order chi connectivity index (χ0) is 11.5. The summed E-state index contributed by atoms with van der Waals surface area (Å²) in [6, 6.07) is 1.74. The van der Waals surface area contributed by atoms with Crippen LogP contribution in [0.15, 0.2) is 11.6 Å². The Morgan fingerprint density at radius 3 is 2.94 bits per heavy atom. The number of likely N-dealkylation sites (tertiary alicyclic amines) is 1. The smallest absolute Gasteiger partial charge is 0.0207 e. The van der Waals surface area contributed by atoms with Gasteiger partial charge in [0.15, 0.2) is 0 Å². The number of hydrogen-bond donors (Lipinski definition) is 1. The average molecular weight is 234 g/mol. The topological polar surface area (TPSA) is 15.3 Å². The summed E-state index contributed by atoms with van der Waals surface area (Å²) in [5, 5.41) is 3.76. The van der Waals surface area contributed by atoms with E-state index in [2.05, 4.69) is 16.3 Å². The van der Waals surface area contributed by atoms with Crippen molar-refractivity contribution in [2.45, 2.75) is 63.5 Å². The molecule has 0 radical (unpaired) electrons. The van der Waals surface area contributed by atoms with Gasteiger partial charge >= 0.3 is 0 Å². The van der Waals surface area contributed by atoms with Crippen molar-refractivity contribution in [1.29, 1.82) is 0 Å². The maximum atomic E-state index is 3.76. The van der Waals surface area contributed by atoms with E-state index in [1.807, 2.05) is 0 Å². The van der Waals surface area contributed by atoms with Gasteiger partial charge in [-0.3, -0.25) is 4.90 Å². The van der Waals surface area contributed by atoms with Crippen molar-refractivity contribution in [2.24, 2.45) is 0 Å². The summed E-state index contributed by atoms with van der Waals surface area (Å²) in [5.74, 6) is 0. The Morgan fingerprint density at radius 2 is 2.18 bits per heavy atom. The second kappa shape index (κ2) is 5.53. The van der Waals surface area contributed by atoms with Gasteiger partial charge in [0.1, 0.15) is 0 Å². The van der Waals surface area contributed by atoms with Gasteiger partial charge in [0.05, 0.1) is 0 Å². The summed E-state index contributed by atoms with van der Waals surface area (Å²) in [6.45, 7) is 3.85. The molecule has 0 spiro atoms. The monoisotopic (exact) mass is 234 g/mol. The van der Waals surface area contributed by atoms with Crippen LogP contribution in [0.25, 0.3) is 0 Å². The molecule has 2 aliphatic carbocycles. The van der Waals surface area contributed by atoms with E-state index in [4.69, 9.17) is 0 Å². The van der Waals surface area contributed by atoms with Crippen LogP contribution in [0.2, 0.25) is 0 Å². The standard InChI is InChI=1S/C15H26N2/c1-2-4-13(5-3-1)8-10-16-14-9-11-17(12-14)15-6-7-15/h4,14-16H,1-3,5-12H2. The van der Waals surface area contributed by atoms with E-state index in [0.29, 0.717) is 0 Å². The highest BCUT2D eigenvalue weighted by Crippen LogP contribution is 2.29. The molecule has 2 nitrogen and oxygen atoms in total. The number of hydrogen-bond acceptors (Lipinski definition) is 2. The molecule has 3 rings (SSSR count). The molecule has 2 fully saturated rings. The van der Waals surface area contributed by atoms with Crippen LogP contribution in [0.4, 0.5) is 0 Å². The molecule has 96 valence electrons. The summed E-state index contributed by atoms with van der Waals surface area (Å²) < 4.78 is 0. The summed E-state index contributed by atoms with van der Waals surface area (Å²) in [6.07, 6.45) is 13.6. The third-order valence-electron chi connectivity index (χ3n) is 4.55. The summed E-state index contributed by atoms with van der Waals surface area (Å²) >= 11 is 0. The Bertz CT molecular complexity index is 281. The SMILES string of the molecule is C1=C(CCNC2CCN(C3CC3)C2)CCCC1. The second-order valence-corrected chi connectivity index (χ2v) is 6.02. The lowest BCUT2D eigenvalue weighted by atomic mass is 9.97. The molecular formula is C15H26N2. The van der Waals surface area contributed by atoms with Crippen molar-refractivity contribution < 1.29 is 0 Å². The maximum absolute atomic E-state index is 3.76. The summed E-state index contributed by atoms with van der Waals surface area (Å²) in [4.78, 5) is 2.69. The first-order valence-corrected chi connectivity index (χ1v) is 7.57. The molecule has 1 N–H and O–H groups in total. The van der Waals surface area contributed by atoms with E-state index >= 15 is 0 Å². The molecule has 0 amide bonds. The summed E-state index contributed by atoms with van der Waals surface area (Å²) in [5.41, 5.74) is 1.71. The first-order valence-electron chi connectivity index (χ1n) is 7.57. The van der Waals surface area contributed by atoms with Gasteiger partial charge in [-0.2, -0.15) is 0 Å². The third-order valence-corrected chi connectivity index (χ3v) is 4.55. The first-order chi connectivity index (χ1) is 8.42. The molecule has 1 saturated heterocycles. The lowest BCUT2D eigenvalue weighted by molar-refractivity contribution is 0.318. The molecule has 0 bridgehead atoms. The van der Waals surface area contributed by atoms with E-state index in [1.54, 1.807) is 5.57 Å². The van der Waals surface area contributed by atoms with Gasteiger partial charge in [0.2, 0.25) is 0 Å². The Balaban J connectivity index is 1.33. The van der Waals surface area contributed by atoms with Crippen LogP contribution in [0.3, 0.4) is 0 Å². The Hall–Kier alpha value is -0.340. The van der Waals surface area contributed by atoms with Crippen LogP contribution in [0.5, 0.6) is 0 Å². The fraction of sp³-hybridized carbons (Fsp3) is 0.867. The van der Waals surface area contributed by atoms with E-state index < -0.39 is 0 Å². The Labute approximate surface area is 105 Å². The molecule has 0 aromatic heterocycles. The second-order valence-electron chi connectivity index (χ2n) is 6.02. The highest BCUT2D eigenvalue weighted by molar-refractivity contribution is 5.05. The Morgan fingerprint density at radius 1 is 1.24 bits per heavy atom. The van der Waals surface area contributed by atoms with Crippen molar-refractivity contribution in [1.82, 2.24) is 10.2 Å². The lowest BCUT2D eigenvalue weighted by Gasteiger charge is -2.17. The Kier molecular flexibility index (Phi) is 3.82. The van der Waals surface area contributed by atoms with E-state index in [-0.39, 0.29) is 0 Å². The van der Waals surface area contributed by atoms with Crippen LogP contribution in [0.1, 0.15) is 51.4 Å². The molecule has 2 heteroatoms. The molecule has 3 aliphatic rings. The third kappa shape index (κ3) is 3.32. The number of allylic oxidation sites excluding steroid dienone is 1. The molecular weight excluding hydrogens is 208 g/mol. The van der Waals surface area contributed by atoms with Crippen LogP contribution >= 0.6 is 0 Å². The van der Waals surface area contributed by atoms with E-state index in [1.165, 1.54) is 71.0 Å². The fourth-order valence-corrected chi connectivity index (χ4v) is 3.29. The van der Waals surface area contributed by atoms with Gasteiger partial charge in [-0.25, -0.2) is 0 Å². The molecule has 1 heterocycles. The fourth-order valence-electron chi connectivity index (χ4n) is 3.29. The molecule has 0 aromatic rings. The molecule has 1 aliphatic heterocycles. The maximum Gasteiger partial charge on any atom is 0.0207 e. The van der Waals surface area contributed by atoms with Crippen molar-refractivity contribution in [3.63, 3.8) is 0 Å². The molecule has 1 unspecified atom stereocenters. The predicted molar refractivity (Wildman–Crippen MR) is 72.2 cm³/mol. The van der Waals surface area contributed by atoms with Crippen molar-refractivity contribution in [3.8, 4) is 0 Å². The van der Waals surface area contributed by atoms with Crippen LogP contribution in [-0.4, -0.2) is 36.6 Å². The molecule has 1 atom stereocenters. The van der Waals surface area contributed by atoms with Gasteiger partial charge < -0.3 is 5.32 Å². The van der Waals surface area contributed by atoms with Crippen LogP contribution < -0.4 is 5.32 Å². The van der Waals surface area contributed by atoms with E-state index in [0.717, 1.165) is 12.1 Å². The minimum atomic E-state index is 0.778. The average Bonchev–Trinajstić information content (AvgIpc) is 3.11. The zero-order valence-electron chi connectivity index (χ0n) is 11.0. The highest BCUT2D eigenvalue weighted by atomic mass is 15.2. The quantitative estimate of drug-likeness (QED) is 0.736. The van der Waals surface area contributed by atoms with Crippen molar-refractivity contribution in [2.75, 3.05) is 19.6 Å². The normalized spacial score (nSPS) is 30.6. The number of rotatable bonds is 5. The predicted octanol–water partition coefficient (Wildman–Crippen LogP) is 2.70. The molecule has 0 aromatic carbocycles. The minimum absolute atomic E-state index is 0.778. The largest absolute Gasteiger partial charge is 0.312 e. The first kappa shape index (κ1) is 11.7. The van der Waals surface area contributed by atoms with Gasteiger partial charge in [-0.1, -0.05) is 11.6 Å². The van der Waals surface area contributed by atoms with Crippen LogP contribution in [-0.2, 0) is 0 Å². The summed E-state index contributed by atoms with van der Waals surface area (Å²) in [7, 11) is 0. The van der Waals surface area contributed by atoms with Gasteiger partial charge in [-0.05, 0) is 57.9 Å². The minimum Gasteiger partial charge on any atom is -0.312 e. The van der Waals surface area contributed by atoms with Crippen molar-refractivity contribution >= 4 is 0 Å². The zero-order valence-corrected chi connectivity index (χ0v) is 11.0. The van der Waals surface area contributed by atoms with Gasteiger partial charge in [-0.15, -0.1) is 0 Å². The van der Waals surface area contributed by atoms with Crippen molar-refractivity contribution in [3.05, 3.63) is 11.6 Å². The van der Waals surface area contributed by atoms with Crippen LogP contribution in [0, 0.1) is 0 Å². The number of nitrogens with zero attached hydrogens (tertiary/aromatic N) is 1. The van der Waals surface area contributed by atoms with Gasteiger partial charge in [0.25, 0.3) is 0 Å². The van der Waals surface area contributed by atoms with E-state index in [9.17, 15) is 0 Å². The highest BCUT2D eigenvalue weighted by Gasteiger charge is 2.33. The molecule has 1 saturated carbocycles. The van der Waals surface area contributed by atoms with Gasteiger partial charge in [0, 0.05) is 25.2 Å². The molecule has 17 heavy (non-hydrogen) atoms. The number of nitrogens with one attached hydrogen (secondary N) is 1.